The molecule has 0 fully saturated rings. The van der Waals surface area contributed by atoms with Crippen LogP contribution in [0.4, 0.5) is 0 Å². The average molecular weight is 592 g/mol. The van der Waals surface area contributed by atoms with Gasteiger partial charge in [0.15, 0.2) is 0 Å². The maximum absolute atomic E-state index is 4.22. The van der Waals surface area contributed by atoms with Crippen LogP contribution < -0.4 is 0 Å². The van der Waals surface area contributed by atoms with Crippen LogP contribution in [-0.2, 0) is 20.1 Å². The first kappa shape index (κ1) is 21.1. The molecule has 0 spiro atoms. The number of pyridine rings is 1. The fourth-order valence-electron chi connectivity index (χ4n) is 2.26. The third-order valence-corrected chi connectivity index (χ3v) is 5.22. The van der Waals surface area contributed by atoms with Crippen molar-refractivity contribution >= 4 is 22.7 Å². The van der Waals surface area contributed by atoms with Crippen LogP contribution in [0.15, 0.2) is 77.6 Å². The maximum atomic E-state index is 4.22. The summed E-state index contributed by atoms with van der Waals surface area (Å²) in [4.78, 5) is 6.05. The number of benzene rings is 1. The molecule has 1 aromatic carbocycles. The number of hydrogen-bond acceptors (Lipinski definition) is 7. The normalized spacial score (nSPS) is 9.79. The van der Waals surface area contributed by atoms with Crippen LogP contribution >= 0.6 is 22.7 Å². The number of nitrogens with zero attached hydrogens (tertiary/aromatic N) is 5. The Bertz CT molecular complexity index is 995. The molecule has 4 heterocycles. The number of hydrogen-bond donors (Lipinski definition) is 0. The summed E-state index contributed by atoms with van der Waals surface area (Å²) in [6, 6.07) is 25.6. The van der Waals surface area contributed by atoms with Crippen LogP contribution in [0.1, 0.15) is 0 Å². The molecule has 145 valence electrons. The van der Waals surface area contributed by atoms with Crippen molar-refractivity contribution in [2.24, 2.45) is 0 Å². The van der Waals surface area contributed by atoms with Crippen LogP contribution in [0.25, 0.3) is 32.7 Å². The Morgan fingerprint density at radius 1 is 0.690 bits per heavy atom. The van der Waals surface area contributed by atoms with Gasteiger partial charge in [-0.1, -0.05) is 23.1 Å². The first-order valence-electron chi connectivity index (χ1n) is 8.35. The van der Waals surface area contributed by atoms with E-state index in [2.05, 4.69) is 37.5 Å². The molecule has 0 atom stereocenters. The summed E-state index contributed by atoms with van der Waals surface area (Å²) in [6.07, 6.45) is 1.79. The van der Waals surface area contributed by atoms with Gasteiger partial charge < -0.3 is 4.98 Å². The minimum Gasteiger partial charge on any atom is -0.305 e. The van der Waals surface area contributed by atoms with E-state index in [1.54, 1.807) is 17.5 Å². The molecule has 0 aliphatic rings. The molecular weight excluding hydrogens is 579 g/mol. The van der Waals surface area contributed by atoms with E-state index in [1.165, 1.54) is 11.3 Å². The Balaban J connectivity index is 0.000000167. The zero-order valence-electron chi connectivity index (χ0n) is 14.9. The topological polar surface area (TPSA) is 64.5 Å². The molecule has 29 heavy (non-hydrogen) atoms. The van der Waals surface area contributed by atoms with Crippen LogP contribution in [0.2, 0.25) is 0 Å². The molecule has 0 N–H and O–H groups in total. The van der Waals surface area contributed by atoms with Crippen molar-refractivity contribution in [3.8, 4) is 32.7 Å². The summed E-state index contributed by atoms with van der Waals surface area (Å²) in [5.74, 6) is 1.09. The van der Waals surface area contributed by atoms with Gasteiger partial charge in [0.05, 0.1) is 4.88 Å². The molecule has 8 heteroatoms. The molecule has 0 amide bonds. The third kappa shape index (κ3) is 5.68. The van der Waals surface area contributed by atoms with Crippen LogP contribution in [-0.4, -0.2) is 25.4 Å². The third-order valence-electron chi connectivity index (χ3n) is 3.54. The summed E-state index contributed by atoms with van der Waals surface area (Å²) in [6.45, 7) is 0. The summed E-state index contributed by atoms with van der Waals surface area (Å²) < 4.78 is 0. The fourth-order valence-corrected chi connectivity index (χ4v) is 3.51. The summed E-state index contributed by atoms with van der Waals surface area (Å²) in [5, 5.41) is 20.1. The van der Waals surface area contributed by atoms with Crippen molar-refractivity contribution in [1.29, 1.82) is 0 Å². The number of aromatic nitrogens is 5. The Morgan fingerprint density at radius 3 is 2.14 bits per heavy atom. The molecule has 0 aliphatic heterocycles. The van der Waals surface area contributed by atoms with Crippen LogP contribution in [0, 0.1) is 12.1 Å². The molecule has 4 aromatic heterocycles. The SMILES string of the molecule is [Ir].[c-]1ccccc1-c1ccccn1.[c-]1ccsc1-c1nnc(-c2cccs2)nn1. The largest absolute Gasteiger partial charge is 0.305 e. The molecule has 5 rings (SSSR count). The Labute approximate surface area is 189 Å². The van der Waals surface area contributed by atoms with Crippen molar-refractivity contribution in [1.82, 2.24) is 25.4 Å². The summed E-state index contributed by atoms with van der Waals surface area (Å²) in [7, 11) is 0. The van der Waals surface area contributed by atoms with E-state index in [0.29, 0.717) is 11.6 Å². The molecule has 5 aromatic rings. The first-order valence-corrected chi connectivity index (χ1v) is 10.1. The Kier molecular flexibility index (Phi) is 7.84. The van der Waals surface area contributed by atoms with Crippen molar-refractivity contribution in [3.05, 3.63) is 89.8 Å². The molecule has 0 saturated carbocycles. The minimum absolute atomic E-state index is 0. The first-order chi connectivity index (χ1) is 13.9. The van der Waals surface area contributed by atoms with Gasteiger partial charge in [0.1, 0.15) is 5.82 Å². The molecule has 0 bridgehead atoms. The van der Waals surface area contributed by atoms with Gasteiger partial charge in [-0.2, -0.15) is 22.3 Å². The maximum Gasteiger partial charge on any atom is 0.211 e. The molecule has 0 saturated heterocycles. The molecule has 1 radical (unpaired) electrons. The number of thiophene rings is 2. The van der Waals surface area contributed by atoms with E-state index < -0.39 is 0 Å². The van der Waals surface area contributed by atoms with Gasteiger partial charge in [-0.25, -0.2) is 11.3 Å². The fraction of sp³-hybridized carbons (Fsp3) is 0. The zero-order chi connectivity index (χ0) is 19.0. The van der Waals surface area contributed by atoms with Gasteiger partial charge >= 0.3 is 0 Å². The predicted octanol–water partition coefficient (Wildman–Crippen LogP) is 5.07. The van der Waals surface area contributed by atoms with Crippen LogP contribution in [0.5, 0.6) is 0 Å². The zero-order valence-corrected chi connectivity index (χ0v) is 18.9. The van der Waals surface area contributed by atoms with Gasteiger partial charge in [0.25, 0.3) is 0 Å². The van der Waals surface area contributed by atoms with E-state index >= 15 is 0 Å². The van der Waals surface area contributed by atoms with Gasteiger partial charge in [-0.15, -0.1) is 62.8 Å². The van der Waals surface area contributed by atoms with Gasteiger partial charge in [-0.05, 0) is 23.2 Å². The van der Waals surface area contributed by atoms with E-state index in [4.69, 9.17) is 0 Å². The van der Waals surface area contributed by atoms with Crippen LogP contribution in [0.3, 0.4) is 0 Å². The summed E-state index contributed by atoms with van der Waals surface area (Å²) in [5.41, 5.74) is 2.01. The van der Waals surface area contributed by atoms with E-state index in [0.717, 1.165) is 21.0 Å². The second-order valence-corrected chi connectivity index (χ2v) is 7.27. The molecule has 5 nitrogen and oxygen atoms in total. The summed E-state index contributed by atoms with van der Waals surface area (Å²) >= 11 is 3.09. The predicted molar refractivity (Wildman–Crippen MR) is 112 cm³/mol. The van der Waals surface area contributed by atoms with Crippen molar-refractivity contribution in [2.45, 2.75) is 0 Å². The monoisotopic (exact) mass is 592 g/mol. The van der Waals surface area contributed by atoms with Gasteiger partial charge in [0.2, 0.25) is 5.82 Å². The number of rotatable bonds is 3. The van der Waals surface area contributed by atoms with Gasteiger partial charge in [-0.3, -0.25) is 0 Å². The Hall–Kier alpha value is -2.64. The minimum atomic E-state index is 0. The molecule has 0 unspecified atom stereocenters. The van der Waals surface area contributed by atoms with E-state index in [-0.39, 0.29) is 20.1 Å². The standard InChI is InChI=1S/C11H8N.C10H5N4S2.Ir/c1-2-6-10(7-3-1)11-8-4-5-9-12-11;1-3-7(15-5-1)9-11-13-10(14-12-9)8-4-2-6-16-8;/h1-6,8-9H;1-3,5-6H;/q2*-1;. The van der Waals surface area contributed by atoms with Crippen molar-refractivity contribution < 1.29 is 20.1 Å². The average Bonchev–Trinajstić information content (AvgIpc) is 3.50. The molecular formula is C21H13IrN5S2-2. The van der Waals surface area contributed by atoms with Crippen molar-refractivity contribution in [3.63, 3.8) is 0 Å². The second kappa shape index (κ2) is 10.8. The molecule has 0 aliphatic carbocycles. The smallest absolute Gasteiger partial charge is 0.211 e. The van der Waals surface area contributed by atoms with E-state index in [1.807, 2.05) is 71.4 Å². The second-order valence-electron chi connectivity index (χ2n) is 5.41. The van der Waals surface area contributed by atoms with E-state index in [9.17, 15) is 0 Å². The van der Waals surface area contributed by atoms with Gasteiger partial charge in [0, 0.05) is 26.3 Å². The van der Waals surface area contributed by atoms with Crippen molar-refractivity contribution in [2.75, 3.05) is 0 Å². The quantitative estimate of drug-likeness (QED) is 0.274. The Morgan fingerprint density at radius 2 is 1.52 bits per heavy atom.